The molecule has 1 atom stereocenters. The summed E-state index contributed by atoms with van der Waals surface area (Å²) in [5, 5.41) is 3.01. The van der Waals surface area contributed by atoms with E-state index in [-0.39, 0.29) is 24.4 Å². The fraction of sp³-hybridized carbons (Fsp3) is 0.562. The quantitative estimate of drug-likeness (QED) is 0.730. The third kappa shape index (κ3) is 9.02. The minimum absolute atomic E-state index is 0. The molecule has 1 amide bonds. The van der Waals surface area contributed by atoms with Gasteiger partial charge in [0, 0.05) is 18.3 Å². The van der Waals surface area contributed by atoms with Gasteiger partial charge in [0.15, 0.2) is 0 Å². The number of aryl methyl sites for hydroxylation is 1. The van der Waals surface area contributed by atoms with Crippen LogP contribution in [0.5, 0.6) is 0 Å². The maximum Gasteiger partial charge on any atom is 0.230 e. The molecule has 0 aliphatic carbocycles. The van der Waals surface area contributed by atoms with E-state index < -0.39 is 0 Å². The Morgan fingerprint density at radius 2 is 2.19 bits per heavy atom. The summed E-state index contributed by atoms with van der Waals surface area (Å²) in [6, 6.07) is 8.53. The smallest absolute Gasteiger partial charge is 0.230 e. The van der Waals surface area contributed by atoms with Gasteiger partial charge in [-0.15, -0.1) is 24.2 Å². The Bertz CT molecular complexity index is 415. The van der Waals surface area contributed by atoms with Crippen molar-refractivity contribution in [1.82, 2.24) is 5.32 Å². The number of carbonyl (C=O) groups excluding carboxylic acids is 1. The van der Waals surface area contributed by atoms with Crippen LogP contribution >= 0.6 is 24.2 Å². The molecular formula is C16H27ClN2OS. The first kappa shape index (κ1) is 20.3. The Kier molecular flexibility index (Phi) is 11.5. The summed E-state index contributed by atoms with van der Waals surface area (Å²) in [4.78, 5) is 11.8. The number of carbonyl (C=O) groups is 1. The molecule has 3 nitrogen and oxygen atoms in total. The SMILES string of the molecule is CCCCC(CN)NC(=O)CSCc1cccc(C)c1.Cl. The van der Waals surface area contributed by atoms with E-state index >= 15 is 0 Å². The van der Waals surface area contributed by atoms with Gasteiger partial charge < -0.3 is 11.1 Å². The van der Waals surface area contributed by atoms with Gasteiger partial charge in [-0.1, -0.05) is 49.6 Å². The normalized spacial score (nSPS) is 11.6. The molecule has 0 saturated heterocycles. The van der Waals surface area contributed by atoms with Crippen molar-refractivity contribution in [2.24, 2.45) is 5.73 Å². The molecule has 1 rings (SSSR count). The number of halogens is 1. The zero-order chi connectivity index (χ0) is 14.8. The largest absolute Gasteiger partial charge is 0.351 e. The average Bonchev–Trinajstić information content (AvgIpc) is 2.43. The third-order valence-corrected chi connectivity index (χ3v) is 4.14. The molecule has 5 heteroatoms. The lowest BCUT2D eigenvalue weighted by Crippen LogP contribution is -2.41. The van der Waals surface area contributed by atoms with Crippen LogP contribution in [0.2, 0.25) is 0 Å². The molecule has 3 N–H and O–H groups in total. The molecule has 0 aliphatic heterocycles. The predicted octanol–water partition coefficient (Wildman–Crippen LogP) is 3.28. The summed E-state index contributed by atoms with van der Waals surface area (Å²) in [5.41, 5.74) is 8.20. The van der Waals surface area contributed by atoms with Crippen LogP contribution in [-0.4, -0.2) is 24.2 Å². The molecular weight excluding hydrogens is 304 g/mol. The number of amides is 1. The zero-order valence-electron chi connectivity index (χ0n) is 12.9. The molecule has 0 saturated carbocycles. The van der Waals surface area contributed by atoms with Crippen molar-refractivity contribution in [3.05, 3.63) is 35.4 Å². The molecule has 0 spiro atoms. The van der Waals surface area contributed by atoms with Crippen molar-refractivity contribution >= 4 is 30.1 Å². The number of benzene rings is 1. The van der Waals surface area contributed by atoms with Gasteiger partial charge in [0.1, 0.15) is 0 Å². The molecule has 0 bridgehead atoms. The molecule has 0 aliphatic rings. The second-order valence-electron chi connectivity index (χ2n) is 5.12. The van der Waals surface area contributed by atoms with Crippen LogP contribution in [0.1, 0.15) is 37.3 Å². The molecule has 21 heavy (non-hydrogen) atoms. The van der Waals surface area contributed by atoms with E-state index in [0.29, 0.717) is 12.3 Å². The first-order valence-electron chi connectivity index (χ1n) is 7.28. The highest BCUT2D eigenvalue weighted by Gasteiger charge is 2.10. The van der Waals surface area contributed by atoms with Crippen molar-refractivity contribution in [2.45, 2.75) is 44.9 Å². The first-order chi connectivity index (χ1) is 9.65. The van der Waals surface area contributed by atoms with Gasteiger partial charge in [0.2, 0.25) is 5.91 Å². The van der Waals surface area contributed by atoms with Gasteiger partial charge in [-0.25, -0.2) is 0 Å². The van der Waals surface area contributed by atoms with Crippen LogP contribution in [0.4, 0.5) is 0 Å². The van der Waals surface area contributed by atoms with Crippen LogP contribution < -0.4 is 11.1 Å². The number of hydrogen-bond donors (Lipinski definition) is 2. The summed E-state index contributed by atoms with van der Waals surface area (Å²) in [7, 11) is 0. The van der Waals surface area contributed by atoms with Gasteiger partial charge >= 0.3 is 0 Å². The van der Waals surface area contributed by atoms with Crippen molar-refractivity contribution in [3.63, 3.8) is 0 Å². The van der Waals surface area contributed by atoms with Crippen LogP contribution in [0.15, 0.2) is 24.3 Å². The minimum atomic E-state index is 0. The van der Waals surface area contributed by atoms with E-state index in [4.69, 9.17) is 5.73 Å². The van der Waals surface area contributed by atoms with E-state index in [1.165, 1.54) is 11.1 Å². The Labute approximate surface area is 138 Å². The summed E-state index contributed by atoms with van der Waals surface area (Å²) in [6.07, 6.45) is 3.22. The van der Waals surface area contributed by atoms with Gasteiger partial charge in [0.05, 0.1) is 5.75 Å². The van der Waals surface area contributed by atoms with Crippen LogP contribution in [0.3, 0.4) is 0 Å². The number of nitrogens with two attached hydrogens (primary N) is 1. The molecule has 1 aromatic rings. The van der Waals surface area contributed by atoms with Crippen LogP contribution in [-0.2, 0) is 10.5 Å². The number of nitrogens with one attached hydrogen (secondary N) is 1. The summed E-state index contributed by atoms with van der Waals surface area (Å²) >= 11 is 1.65. The molecule has 1 aromatic carbocycles. The van der Waals surface area contributed by atoms with E-state index in [9.17, 15) is 4.79 Å². The van der Waals surface area contributed by atoms with Crippen LogP contribution in [0.25, 0.3) is 0 Å². The van der Waals surface area contributed by atoms with Gasteiger partial charge in [-0.3, -0.25) is 4.79 Å². The van der Waals surface area contributed by atoms with Crippen molar-refractivity contribution in [1.29, 1.82) is 0 Å². The molecule has 0 fully saturated rings. The van der Waals surface area contributed by atoms with E-state index in [1.807, 2.05) is 0 Å². The molecule has 1 unspecified atom stereocenters. The lowest BCUT2D eigenvalue weighted by Gasteiger charge is -2.16. The Hall–Kier alpha value is -0.710. The Morgan fingerprint density at radius 1 is 1.43 bits per heavy atom. The fourth-order valence-electron chi connectivity index (χ4n) is 2.03. The topological polar surface area (TPSA) is 55.1 Å². The Balaban J connectivity index is 0.00000400. The number of rotatable bonds is 9. The monoisotopic (exact) mass is 330 g/mol. The van der Waals surface area contributed by atoms with Gasteiger partial charge in [0.25, 0.3) is 0 Å². The predicted molar refractivity (Wildman–Crippen MR) is 95.1 cm³/mol. The third-order valence-electron chi connectivity index (χ3n) is 3.14. The summed E-state index contributed by atoms with van der Waals surface area (Å²) in [6.45, 7) is 4.75. The standard InChI is InChI=1S/C16H26N2OS.ClH/c1-3-4-8-15(10-17)18-16(19)12-20-11-14-7-5-6-13(2)9-14;/h5-7,9,15H,3-4,8,10-12,17H2,1-2H3,(H,18,19);1H. The maximum absolute atomic E-state index is 11.8. The first-order valence-corrected chi connectivity index (χ1v) is 8.44. The van der Waals surface area contributed by atoms with E-state index in [2.05, 4.69) is 43.4 Å². The maximum atomic E-state index is 11.8. The second-order valence-corrected chi connectivity index (χ2v) is 6.11. The van der Waals surface area contributed by atoms with E-state index in [1.54, 1.807) is 11.8 Å². The lowest BCUT2D eigenvalue weighted by molar-refractivity contribution is -0.119. The lowest BCUT2D eigenvalue weighted by atomic mass is 10.1. The molecule has 120 valence electrons. The number of unbranched alkanes of at least 4 members (excludes halogenated alkanes) is 1. The average molecular weight is 331 g/mol. The Morgan fingerprint density at radius 3 is 2.81 bits per heavy atom. The zero-order valence-corrected chi connectivity index (χ0v) is 14.6. The van der Waals surface area contributed by atoms with Gasteiger partial charge in [-0.2, -0.15) is 0 Å². The van der Waals surface area contributed by atoms with Crippen molar-refractivity contribution in [2.75, 3.05) is 12.3 Å². The molecule has 0 aromatic heterocycles. The highest BCUT2D eigenvalue weighted by Crippen LogP contribution is 2.13. The molecule has 0 radical (unpaired) electrons. The summed E-state index contributed by atoms with van der Waals surface area (Å²) < 4.78 is 0. The van der Waals surface area contributed by atoms with E-state index in [0.717, 1.165) is 25.0 Å². The number of thioether (sulfide) groups is 1. The second kappa shape index (κ2) is 11.9. The highest BCUT2D eigenvalue weighted by atomic mass is 35.5. The van der Waals surface area contributed by atoms with Crippen molar-refractivity contribution < 1.29 is 4.79 Å². The fourth-order valence-corrected chi connectivity index (χ4v) is 2.82. The van der Waals surface area contributed by atoms with Crippen LogP contribution in [0, 0.1) is 6.92 Å². The highest BCUT2D eigenvalue weighted by molar-refractivity contribution is 7.99. The summed E-state index contributed by atoms with van der Waals surface area (Å²) in [5.74, 6) is 1.46. The minimum Gasteiger partial charge on any atom is -0.351 e. The number of hydrogen-bond acceptors (Lipinski definition) is 3. The van der Waals surface area contributed by atoms with Gasteiger partial charge in [-0.05, 0) is 18.9 Å². The molecule has 0 heterocycles. The van der Waals surface area contributed by atoms with Crippen molar-refractivity contribution in [3.8, 4) is 0 Å².